The second-order valence-corrected chi connectivity index (χ2v) is 8.59. The molecule has 0 bridgehead atoms. The lowest BCUT2D eigenvalue weighted by atomic mass is 9.97. The fourth-order valence-electron chi connectivity index (χ4n) is 4.57. The summed E-state index contributed by atoms with van der Waals surface area (Å²) in [4.78, 5) is 18.3. The van der Waals surface area contributed by atoms with Gasteiger partial charge in [-0.15, -0.1) is 24.0 Å². The number of piperidine rings is 1. The van der Waals surface area contributed by atoms with Gasteiger partial charge in [0.2, 0.25) is 5.91 Å². The highest BCUT2D eigenvalue weighted by molar-refractivity contribution is 14.0. The third-order valence-corrected chi connectivity index (χ3v) is 6.26. The van der Waals surface area contributed by atoms with Crippen LogP contribution in [0.5, 0.6) is 5.75 Å². The van der Waals surface area contributed by atoms with E-state index in [2.05, 4.69) is 50.9 Å². The fraction of sp³-hybridized carbons (Fsp3) is 0.440. The number of benzene rings is 2. The number of primary amides is 1. The zero-order valence-electron chi connectivity index (χ0n) is 19.1. The van der Waals surface area contributed by atoms with Gasteiger partial charge in [0.1, 0.15) is 5.75 Å². The largest absolute Gasteiger partial charge is 0.493 e. The van der Waals surface area contributed by atoms with Gasteiger partial charge in [0.05, 0.1) is 18.6 Å². The first kappa shape index (κ1) is 25.3. The number of para-hydroxylation sites is 1. The summed E-state index contributed by atoms with van der Waals surface area (Å²) in [6.45, 7) is 3.98. The first-order chi connectivity index (χ1) is 15.6. The minimum Gasteiger partial charge on any atom is -0.493 e. The van der Waals surface area contributed by atoms with Crippen LogP contribution in [0.25, 0.3) is 0 Å². The number of carbonyl (C=O) groups excluding carboxylic acids is 1. The van der Waals surface area contributed by atoms with Crippen LogP contribution in [0.3, 0.4) is 0 Å². The van der Waals surface area contributed by atoms with Crippen LogP contribution < -0.4 is 21.1 Å². The van der Waals surface area contributed by atoms with Gasteiger partial charge in [0, 0.05) is 38.7 Å². The third-order valence-electron chi connectivity index (χ3n) is 6.26. The Balaban J connectivity index is 0.00000306. The smallest absolute Gasteiger partial charge is 0.221 e. The Morgan fingerprint density at radius 3 is 2.82 bits per heavy atom. The molecule has 8 heteroatoms. The van der Waals surface area contributed by atoms with Gasteiger partial charge >= 0.3 is 0 Å². The Labute approximate surface area is 213 Å². The van der Waals surface area contributed by atoms with Crippen LogP contribution in [0.15, 0.2) is 53.5 Å². The quantitative estimate of drug-likeness (QED) is 0.286. The molecule has 7 nitrogen and oxygen atoms in total. The summed E-state index contributed by atoms with van der Waals surface area (Å²) in [6.07, 6.45) is 2.82. The zero-order chi connectivity index (χ0) is 22.3. The number of amides is 1. The van der Waals surface area contributed by atoms with Gasteiger partial charge in [-0.05, 0) is 36.6 Å². The van der Waals surface area contributed by atoms with Crippen LogP contribution in [-0.4, -0.2) is 43.5 Å². The van der Waals surface area contributed by atoms with Crippen LogP contribution in [-0.2, 0) is 17.9 Å². The summed E-state index contributed by atoms with van der Waals surface area (Å²) in [6, 6.07) is 16.9. The van der Waals surface area contributed by atoms with E-state index in [-0.39, 0.29) is 41.8 Å². The Hall–Kier alpha value is -2.33. The maximum atomic E-state index is 11.6. The number of fused-ring (bicyclic) bond motifs is 1. The molecular formula is C25H34IN5O2. The van der Waals surface area contributed by atoms with E-state index in [9.17, 15) is 4.79 Å². The average Bonchev–Trinajstić information content (AvgIpc) is 2.82. The van der Waals surface area contributed by atoms with E-state index in [1.807, 2.05) is 18.2 Å². The molecule has 2 aliphatic heterocycles. The lowest BCUT2D eigenvalue weighted by Crippen LogP contribution is -2.41. The molecule has 0 radical (unpaired) electrons. The van der Waals surface area contributed by atoms with Crippen molar-refractivity contribution in [3.63, 3.8) is 0 Å². The van der Waals surface area contributed by atoms with Crippen molar-refractivity contribution in [1.82, 2.24) is 15.5 Å². The minimum atomic E-state index is -0.182. The van der Waals surface area contributed by atoms with Crippen LogP contribution in [0.1, 0.15) is 42.0 Å². The molecule has 2 aliphatic rings. The van der Waals surface area contributed by atoms with Gasteiger partial charge in [-0.1, -0.05) is 42.5 Å². The molecule has 1 amide bonds. The number of carbonyl (C=O) groups is 1. The Kier molecular flexibility index (Phi) is 9.37. The number of likely N-dealkylation sites (tertiary alicyclic amines) is 1. The van der Waals surface area contributed by atoms with Gasteiger partial charge in [-0.2, -0.15) is 0 Å². The molecule has 1 fully saturated rings. The maximum Gasteiger partial charge on any atom is 0.221 e. The van der Waals surface area contributed by atoms with E-state index in [4.69, 9.17) is 10.5 Å². The molecule has 0 spiro atoms. The van der Waals surface area contributed by atoms with Crippen molar-refractivity contribution in [2.24, 2.45) is 16.6 Å². The number of hydrogen-bond acceptors (Lipinski definition) is 4. The number of halogens is 1. The molecule has 33 heavy (non-hydrogen) atoms. The molecule has 178 valence electrons. The van der Waals surface area contributed by atoms with Crippen molar-refractivity contribution in [3.05, 3.63) is 65.2 Å². The summed E-state index contributed by atoms with van der Waals surface area (Å²) < 4.78 is 5.76. The first-order valence-electron chi connectivity index (χ1n) is 11.4. The molecule has 0 aliphatic carbocycles. The Morgan fingerprint density at radius 1 is 1.18 bits per heavy atom. The number of nitrogens with one attached hydrogen (secondary N) is 2. The van der Waals surface area contributed by atoms with E-state index >= 15 is 0 Å². The number of hydrogen-bond donors (Lipinski definition) is 3. The van der Waals surface area contributed by atoms with Gasteiger partial charge in [-0.25, -0.2) is 0 Å². The molecule has 2 aromatic rings. The molecule has 2 atom stereocenters. The molecule has 0 saturated carbocycles. The number of rotatable bonds is 6. The molecule has 0 aromatic heterocycles. The minimum absolute atomic E-state index is 0. The van der Waals surface area contributed by atoms with Gasteiger partial charge < -0.3 is 21.1 Å². The number of aliphatic imine (C=N–C) groups is 1. The highest BCUT2D eigenvalue weighted by Crippen LogP contribution is 2.31. The van der Waals surface area contributed by atoms with Crippen molar-refractivity contribution in [2.75, 3.05) is 26.7 Å². The summed E-state index contributed by atoms with van der Waals surface area (Å²) in [5, 5.41) is 6.97. The molecule has 4 N–H and O–H groups in total. The van der Waals surface area contributed by atoms with E-state index in [0.29, 0.717) is 13.2 Å². The first-order valence-corrected chi connectivity index (χ1v) is 11.4. The summed E-state index contributed by atoms with van der Waals surface area (Å²) in [5.74, 6) is 1.50. The van der Waals surface area contributed by atoms with Crippen molar-refractivity contribution in [2.45, 2.75) is 38.4 Å². The molecule has 4 rings (SSSR count). The topological polar surface area (TPSA) is 92.0 Å². The molecule has 2 heterocycles. The van der Waals surface area contributed by atoms with E-state index in [1.165, 1.54) is 16.7 Å². The SMILES string of the molecule is CN=C(NCc1cccc(CN2CCCC(C(N)=O)C2)c1)NC1CCOc2ccccc21.I. The van der Waals surface area contributed by atoms with Crippen molar-refractivity contribution in [1.29, 1.82) is 0 Å². The second-order valence-electron chi connectivity index (χ2n) is 8.59. The summed E-state index contributed by atoms with van der Waals surface area (Å²) in [5.41, 5.74) is 9.13. The third kappa shape index (κ3) is 6.83. The Morgan fingerprint density at radius 2 is 2.00 bits per heavy atom. The predicted molar refractivity (Wildman–Crippen MR) is 142 cm³/mol. The van der Waals surface area contributed by atoms with Gasteiger partial charge in [0.15, 0.2) is 5.96 Å². The molecule has 1 saturated heterocycles. The summed E-state index contributed by atoms with van der Waals surface area (Å²) >= 11 is 0. The van der Waals surface area contributed by atoms with E-state index in [0.717, 1.165) is 50.6 Å². The number of nitrogens with zero attached hydrogens (tertiary/aromatic N) is 2. The number of nitrogens with two attached hydrogens (primary N) is 1. The van der Waals surface area contributed by atoms with Crippen molar-refractivity contribution < 1.29 is 9.53 Å². The Bertz CT molecular complexity index is 967. The highest BCUT2D eigenvalue weighted by Gasteiger charge is 2.24. The lowest BCUT2D eigenvalue weighted by molar-refractivity contribution is -0.123. The van der Waals surface area contributed by atoms with E-state index in [1.54, 1.807) is 7.05 Å². The van der Waals surface area contributed by atoms with Crippen LogP contribution in [0.2, 0.25) is 0 Å². The van der Waals surface area contributed by atoms with Crippen molar-refractivity contribution >= 4 is 35.8 Å². The number of guanidine groups is 1. The van der Waals surface area contributed by atoms with Crippen LogP contribution >= 0.6 is 24.0 Å². The zero-order valence-corrected chi connectivity index (χ0v) is 21.5. The predicted octanol–water partition coefficient (Wildman–Crippen LogP) is 3.19. The van der Waals surface area contributed by atoms with E-state index < -0.39 is 0 Å². The fourth-order valence-corrected chi connectivity index (χ4v) is 4.57. The standard InChI is InChI=1S/C25H33N5O2.HI/c1-27-25(29-22-11-13-32-23-10-3-2-9-21(22)23)28-15-18-6-4-7-19(14-18)16-30-12-5-8-20(17-30)24(26)31;/h2-4,6-7,9-10,14,20,22H,5,8,11-13,15-17H2,1H3,(H2,26,31)(H2,27,28,29);1H. The van der Waals surface area contributed by atoms with Crippen molar-refractivity contribution in [3.8, 4) is 5.75 Å². The molecule has 2 unspecified atom stereocenters. The monoisotopic (exact) mass is 563 g/mol. The van der Waals surface area contributed by atoms with Gasteiger partial charge in [0.25, 0.3) is 0 Å². The maximum absolute atomic E-state index is 11.6. The molecule has 2 aromatic carbocycles. The van der Waals surface area contributed by atoms with Crippen LogP contribution in [0.4, 0.5) is 0 Å². The normalized spacial score (nSPS) is 20.7. The van der Waals surface area contributed by atoms with Gasteiger partial charge in [-0.3, -0.25) is 14.7 Å². The highest BCUT2D eigenvalue weighted by atomic mass is 127. The number of ether oxygens (including phenoxy) is 1. The second kappa shape index (κ2) is 12.2. The average molecular weight is 563 g/mol. The van der Waals surface area contributed by atoms with Crippen LogP contribution in [0, 0.1) is 5.92 Å². The molecular weight excluding hydrogens is 529 g/mol. The lowest BCUT2D eigenvalue weighted by Gasteiger charge is -2.31. The summed E-state index contributed by atoms with van der Waals surface area (Å²) in [7, 11) is 1.79.